The lowest BCUT2D eigenvalue weighted by Crippen LogP contribution is -2.24. The highest BCUT2D eigenvalue weighted by molar-refractivity contribution is 5.34. The lowest BCUT2D eigenvalue weighted by atomic mass is 9.72. The first kappa shape index (κ1) is 17.2. The molecule has 0 aliphatic heterocycles. The van der Waals surface area contributed by atoms with Crippen molar-refractivity contribution < 1.29 is 0 Å². The summed E-state index contributed by atoms with van der Waals surface area (Å²) in [7, 11) is 0. The number of rotatable bonds is 5. The van der Waals surface area contributed by atoms with Crippen LogP contribution in [0.25, 0.3) is 0 Å². The molecular weight excluding hydrogens is 216 g/mol. The summed E-state index contributed by atoms with van der Waals surface area (Å²) in [6, 6.07) is 7.04. The first-order valence-corrected chi connectivity index (χ1v) is 7.66. The maximum atomic E-state index is 2.38. The average molecular weight is 248 g/mol. The van der Waals surface area contributed by atoms with Crippen molar-refractivity contribution >= 4 is 0 Å². The van der Waals surface area contributed by atoms with Crippen molar-refractivity contribution in [2.24, 2.45) is 0 Å². The number of hydrogen-bond donors (Lipinski definition) is 0. The van der Waals surface area contributed by atoms with Gasteiger partial charge in [0.05, 0.1) is 0 Å². The van der Waals surface area contributed by atoms with Crippen LogP contribution in [0.15, 0.2) is 18.2 Å². The molecule has 0 amide bonds. The first-order chi connectivity index (χ1) is 8.57. The maximum absolute atomic E-state index is 2.38. The van der Waals surface area contributed by atoms with Gasteiger partial charge in [0.25, 0.3) is 0 Å². The van der Waals surface area contributed by atoms with E-state index in [-0.39, 0.29) is 0 Å². The van der Waals surface area contributed by atoms with Gasteiger partial charge < -0.3 is 0 Å². The Kier molecular flexibility index (Phi) is 7.98. The standard InChI is InChI=1S/C16H26.C2H6/c1-6-9-16(7-2,8-3)15-11-13(4)10-14(5)12-15;1-2/h10-12H,6-9H2,1-5H3;1-2H3. The molecule has 0 fully saturated rings. The highest BCUT2D eigenvalue weighted by atomic mass is 14.3. The summed E-state index contributed by atoms with van der Waals surface area (Å²) in [5.74, 6) is 0. The normalized spacial score (nSPS) is 10.8. The first-order valence-electron chi connectivity index (χ1n) is 7.66. The minimum atomic E-state index is 0.408. The zero-order valence-corrected chi connectivity index (χ0v) is 13.6. The topological polar surface area (TPSA) is 0 Å². The van der Waals surface area contributed by atoms with Gasteiger partial charge in [0.2, 0.25) is 0 Å². The molecule has 1 aromatic carbocycles. The van der Waals surface area contributed by atoms with Gasteiger partial charge in [-0.3, -0.25) is 0 Å². The molecule has 1 rings (SSSR count). The monoisotopic (exact) mass is 248 g/mol. The van der Waals surface area contributed by atoms with Crippen molar-refractivity contribution in [2.45, 2.75) is 79.6 Å². The lowest BCUT2D eigenvalue weighted by molar-refractivity contribution is 0.361. The second kappa shape index (κ2) is 8.34. The van der Waals surface area contributed by atoms with E-state index in [1.54, 1.807) is 5.56 Å². The fourth-order valence-electron chi connectivity index (χ4n) is 2.92. The Morgan fingerprint density at radius 1 is 0.833 bits per heavy atom. The van der Waals surface area contributed by atoms with E-state index in [4.69, 9.17) is 0 Å². The second-order valence-corrected chi connectivity index (χ2v) is 5.11. The van der Waals surface area contributed by atoms with Crippen LogP contribution in [0.1, 0.15) is 77.0 Å². The fourth-order valence-corrected chi connectivity index (χ4v) is 2.92. The summed E-state index contributed by atoms with van der Waals surface area (Å²) >= 11 is 0. The smallest absolute Gasteiger partial charge is 0.00521 e. The van der Waals surface area contributed by atoms with Crippen LogP contribution in [0.4, 0.5) is 0 Å². The number of hydrogen-bond acceptors (Lipinski definition) is 0. The zero-order chi connectivity index (χ0) is 14.2. The van der Waals surface area contributed by atoms with Crippen molar-refractivity contribution in [3.05, 3.63) is 34.9 Å². The van der Waals surface area contributed by atoms with Gasteiger partial charge in [-0.15, -0.1) is 0 Å². The van der Waals surface area contributed by atoms with E-state index in [0.717, 1.165) is 0 Å². The van der Waals surface area contributed by atoms with E-state index in [2.05, 4.69) is 52.8 Å². The van der Waals surface area contributed by atoms with Gasteiger partial charge in [0.1, 0.15) is 0 Å². The minimum absolute atomic E-state index is 0.408. The summed E-state index contributed by atoms with van der Waals surface area (Å²) in [6.07, 6.45) is 5.08. The van der Waals surface area contributed by atoms with Crippen molar-refractivity contribution in [1.82, 2.24) is 0 Å². The minimum Gasteiger partial charge on any atom is -0.0683 e. The Balaban J connectivity index is 0.00000137. The van der Waals surface area contributed by atoms with E-state index < -0.39 is 0 Å². The van der Waals surface area contributed by atoms with Gasteiger partial charge in [0, 0.05) is 0 Å². The molecule has 1 aromatic rings. The van der Waals surface area contributed by atoms with Gasteiger partial charge in [0.15, 0.2) is 0 Å². The molecule has 0 saturated heterocycles. The van der Waals surface area contributed by atoms with Gasteiger partial charge in [-0.05, 0) is 44.1 Å². The molecule has 0 bridgehead atoms. The Hall–Kier alpha value is -0.780. The van der Waals surface area contributed by atoms with Gasteiger partial charge in [-0.1, -0.05) is 70.4 Å². The number of benzene rings is 1. The summed E-state index contributed by atoms with van der Waals surface area (Å²) in [6.45, 7) is 15.4. The molecular formula is C18H32. The van der Waals surface area contributed by atoms with Crippen LogP contribution >= 0.6 is 0 Å². The predicted octanol–water partition coefficient (Wildman–Crippen LogP) is 6.19. The maximum Gasteiger partial charge on any atom is -0.00521 e. The van der Waals surface area contributed by atoms with Crippen LogP contribution in [0, 0.1) is 13.8 Å². The largest absolute Gasteiger partial charge is 0.0683 e. The molecule has 0 N–H and O–H groups in total. The average Bonchev–Trinajstić information content (AvgIpc) is 2.37. The van der Waals surface area contributed by atoms with Crippen molar-refractivity contribution in [3.8, 4) is 0 Å². The predicted molar refractivity (Wildman–Crippen MR) is 84.4 cm³/mol. The third-order valence-electron chi connectivity index (χ3n) is 3.92. The van der Waals surface area contributed by atoms with Crippen LogP contribution < -0.4 is 0 Å². The Morgan fingerprint density at radius 3 is 1.61 bits per heavy atom. The van der Waals surface area contributed by atoms with E-state index >= 15 is 0 Å². The highest BCUT2D eigenvalue weighted by Crippen LogP contribution is 2.37. The van der Waals surface area contributed by atoms with Crippen LogP contribution in [-0.4, -0.2) is 0 Å². The second-order valence-electron chi connectivity index (χ2n) is 5.11. The SMILES string of the molecule is CC.CCCC(CC)(CC)c1cc(C)cc(C)c1. The van der Waals surface area contributed by atoms with E-state index in [9.17, 15) is 0 Å². The van der Waals surface area contributed by atoms with E-state index in [0.29, 0.717) is 5.41 Å². The highest BCUT2D eigenvalue weighted by Gasteiger charge is 2.27. The zero-order valence-electron chi connectivity index (χ0n) is 13.6. The molecule has 0 nitrogen and oxygen atoms in total. The van der Waals surface area contributed by atoms with Gasteiger partial charge >= 0.3 is 0 Å². The fraction of sp³-hybridized carbons (Fsp3) is 0.667. The van der Waals surface area contributed by atoms with Crippen molar-refractivity contribution in [3.63, 3.8) is 0 Å². The van der Waals surface area contributed by atoms with Gasteiger partial charge in [-0.25, -0.2) is 0 Å². The molecule has 104 valence electrons. The van der Waals surface area contributed by atoms with Crippen LogP contribution in [0.3, 0.4) is 0 Å². The summed E-state index contributed by atoms with van der Waals surface area (Å²) in [4.78, 5) is 0. The molecule has 0 aliphatic rings. The van der Waals surface area contributed by atoms with E-state index in [1.165, 1.54) is 36.8 Å². The lowest BCUT2D eigenvalue weighted by Gasteiger charge is -2.33. The molecule has 18 heavy (non-hydrogen) atoms. The van der Waals surface area contributed by atoms with Gasteiger partial charge in [-0.2, -0.15) is 0 Å². The van der Waals surface area contributed by atoms with Crippen LogP contribution in [0.5, 0.6) is 0 Å². The molecule has 0 heterocycles. The Morgan fingerprint density at radius 2 is 1.28 bits per heavy atom. The van der Waals surface area contributed by atoms with Crippen molar-refractivity contribution in [2.75, 3.05) is 0 Å². The molecule has 0 radical (unpaired) electrons. The van der Waals surface area contributed by atoms with E-state index in [1.807, 2.05) is 13.8 Å². The molecule has 0 spiro atoms. The van der Waals surface area contributed by atoms with Crippen LogP contribution in [0.2, 0.25) is 0 Å². The molecule has 0 aliphatic carbocycles. The Labute approximate surface area is 115 Å². The molecule has 0 aromatic heterocycles. The molecule has 0 atom stereocenters. The number of aryl methyl sites for hydroxylation is 2. The third kappa shape index (κ3) is 4.15. The summed E-state index contributed by atoms with van der Waals surface area (Å²) in [5, 5.41) is 0. The van der Waals surface area contributed by atoms with Crippen LogP contribution in [-0.2, 0) is 5.41 Å². The molecule has 0 saturated carbocycles. The summed E-state index contributed by atoms with van der Waals surface area (Å²) in [5.41, 5.74) is 4.76. The quantitative estimate of drug-likeness (QED) is 0.583. The Bertz CT molecular complexity index is 312. The summed E-state index contributed by atoms with van der Waals surface area (Å²) < 4.78 is 0. The molecule has 0 unspecified atom stereocenters. The third-order valence-corrected chi connectivity index (χ3v) is 3.92. The molecule has 0 heteroatoms. The van der Waals surface area contributed by atoms with Crippen molar-refractivity contribution in [1.29, 1.82) is 0 Å².